The summed E-state index contributed by atoms with van der Waals surface area (Å²) in [5.74, 6) is 0.631. The predicted molar refractivity (Wildman–Crippen MR) is 112 cm³/mol. The first-order valence-electron chi connectivity index (χ1n) is 9.59. The molecule has 0 bridgehead atoms. The van der Waals surface area contributed by atoms with Crippen molar-refractivity contribution in [2.45, 2.75) is 51.4 Å². The molecule has 2 aliphatic rings. The smallest absolute Gasteiger partial charge is 0.409 e. The number of alkyl halides is 3. The first-order chi connectivity index (χ1) is 12.8. The largest absolute Gasteiger partial charge is 0.450 e. The quantitative estimate of drug-likeness (QED) is 0.331. The topological polar surface area (TPSA) is 69.2 Å². The summed E-state index contributed by atoms with van der Waals surface area (Å²) in [4.78, 5) is 19.3. The minimum absolute atomic E-state index is 0. The number of hydrogen-bond acceptors (Lipinski definition) is 4. The van der Waals surface area contributed by atoms with E-state index in [0.29, 0.717) is 51.7 Å². The SMILES string of the molecule is CCN=C(NC1CCN(C(=O)OCC)CC1)NC1CCN(CC(F)(F)F)C1.I. The Labute approximate surface area is 181 Å². The molecule has 0 aromatic heterocycles. The number of nitrogens with zero attached hydrogens (tertiary/aromatic N) is 3. The molecule has 0 aromatic carbocycles. The standard InChI is InChI=1S/C17H30F3N5O2.HI/c1-3-21-15(23-14-5-8-24(11-14)12-17(18,19)20)22-13-6-9-25(10-7-13)16(26)27-4-2;/h13-14H,3-12H2,1-2H3,(H2,21,22,23);1H. The molecule has 0 aromatic rings. The predicted octanol–water partition coefficient (Wildman–Crippen LogP) is 2.42. The van der Waals surface area contributed by atoms with E-state index in [1.807, 2.05) is 6.92 Å². The molecule has 11 heteroatoms. The summed E-state index contributed by atoms with van der Waals surface area (Å²) >= 11 is 0. The van der Waals surface area contributed by atoms with Crippen LogP contribution in [0.2, 0.25) is 0 Å². The van der Waals surface area contributed by atoms with Crippen LogP contribution < -0.4 is 10.6 Å². The van der Waals surface area contributed by atoms with Gasteiger partial charge in [-0.1, -0.05) is 0 Å². The van der Waals surface area contributed by atoms with Crippen molar-refractivity contribution < 1.29 is 22.7 Å². The molecule has 2 fully saturated rings. The number of guanidine groups is 1. The van der Waals surface area contributed by atoms with Crippen LogP contribution in [0.4, 0.5) is 18.0 Å². The van der Waals surface area contributed by atoms with Crippen LogP contribution >= 0.6 is 24.0 Å². The number of likely N-dealkylation sites (tertiary alicyclic amines) is 2. The highest BCUT2D eigenvalue weighted by atomic mass is 127. The van der Waals surface area contributed by atoms with E-state index < -0.39 is 12.7 Å². The minimum Gasteiger partial charge on any atom is -0.450 e. The van der Waals surface area contributed by atoms with E-state index in [-0.39, 0.29) is 42.2 Å². The van der Waals surface area contributed by atoms with Crippen molar-refractivity contribution in [3.05, 3.63) is 0 Å². The fraction of sp³-hybridized carbons (Fsp3) is 0.882. The number of carbonyl (C=O) groups excluding carboxylic acids is 1. The van der Waals surface area contributed by atoms with Gasteiger partial charge in [-0.2, -0.15) is 13.2 Å². The molecular formula is C17H31F3IN5O2. The first-order valence-corrected chi connectivity index (χ1v) is 9.59. The molecule has 2 heterocycles. The van der Waals surface area contributed by atoms with Gasteiger partial charge in [-0.05, 0) is 33.1 Å². The number of aliphatic imine (C=N–C) groups is 1. The summed E-state index contributed by atoms with van der Waals surface area (Å²) in [5.41, 5.74) is 0. The van der Waals surface area contributed by atoms with Crippen LogP contribution in [0.3, 0.4) is 0 Å². The summed E-state index contributed by atoms with van der Waals surface area (Å²) in [7, 11) is 0. The molecule has 1 atom stereocenters. The zero-order valence-electron chi connectivity index (χ0n) is 16.4. The monoisotopic (exact) mass is 521 g/mol. The van der Waals surface area contributed by atoms with Gasteiger partial charge in [0.2, 0.25) is 0 Å². The highest BCUT2D eigenvalue weighted by Crippen LogP contribution is 2.20. The van der Waals surface area contributed by atoms with E-state index in [1.54, 1.807) is 11.8 Å². The number of amides is 1. The number of hydrogen-bond donors (Lipinski definition) is 2. The zero-order chi connectivity index (χ0) is 19.9. The zero-order valence-corrected chi connectivity index (χ0v) is 18.8. The molecule has 2 saturated heterocycles. The molecule has 0 aliphatic carbocycles. The van der Waals surface area contributed by atoms with Crippen LogP contribution in [-0.2, 0) is 4.74 Å². The highest BCUT2D eigenvalue weighted by molar-refractivity contribution is 14.0. The van der Waals surface area contributed by atoms with E-state index in [1.165, 1.54) is 4.90 Å². The van der Waals surface area contributed by atoms with Crippen molar-refractivity contribution in [1.82, 2.24) is 20.4 Å². The number of nitrogens with one attached hydrogen (secondary N) is 2. The summed E-state index contributed by atoms with van der Waals surface area (Å²) in [6.45, 7) is 5.76. The van der Waals surface area contributed by atoms with E-state index in [0.717, 1.165) is 12.8 Å². The lowest BCUT2D eigenvalue weighted by Crippen LogP contribution is -2.52. The Hall–Kier alpha value is -0.980. The Morgan fingerprint density at radius 2 is 1.71 bits per heavy atom. The van der Waals surface area contributed by atoms with Crippen molar-refractivity contribution in [3.8, 4) is 0 Å². The second-order valence-electron chi connectivity index (χ2n) is 6.91. The molecule has 0 spiro atoms. The Bertz CT molecular complexity index is 514. The third-order valence-electron chi connectivity index (χ3n) is 4.69. The second-order valence-corrected chi connectivity index (χ2v) is 6.91. The van der Waals surface area contributed by atoms with Crippen molar-refractivity contribution >= 4 is 36.0 Å². The molecule has 2 aliphatic heterocycles. The minimum atomic E-state index is -4.17. The molecule has 164 valence electrons. The van der Waals surface area contributed by atoms with Gasteiger partial charge in [-0.25, -0.2) is 4.79 Å². The summed E-state index contributed by atoms with van der Waals surface area (Å²) in [6.07, 6.45) is -2.25. The van der Waals surface area contributed by atoms with Crippen LogP contribution in [0, 0.1) is 0 Å². The molecule has 0 saturated carbocycles. The molecule has 7 nitrogen and oxygen atoms in total. The fourth-order valence-electron chi connectivity index (χ4n) is 3.45. The number of ether oxygens (including phenoxy) is 1. The van der Waals surface area contributed by atoms with Crippen LogP contribution in [0.5, 0.6) is 0 Å². The van der Waals surface area contributed by atoms with E-state index >= 15 is 0 Å². The van der Waals surface area contributed by atoms with Gasteiger partial charge in [-0.15, -0.1) is 24.0 Å². The molecule has 1 amide bonds. The molecular weight excluding hydrogens is 490 g/mol. The van der Waals surface area contributed by atoms with Crippen molar-refractivity contribution in [2.75, 3.05) is 45.9 Å². The van der Waals surface area contributed by atoms with Gasteiger partial charge in [0, 0.05) is 44.8 Å². The molecule has 2 rings (SSSR count). The third-order valence-corrected chi connectivity index (χ3v) is 4.69. The van der Waals surface area contributed by atoms with Gasteiger partial charge >= 0.3 is 12.3 Å². The highest BCUT2D eigenvalue weighted by Gasteiger charge is 2.34. The maximum absolute atomic E-state index is 12.5. The Balaban J connectivity index is 0.00000392. The van der Waals surface area contributed by atoms with Crippen LogP contribution in [0.1, 0.15) is 33.1 Å². The summed E-state index contributed by atoms with van der Waals surface area (Å²) < 4.78 is 42.6. The van der Waals surface area contributed by atoms with Crippen LogP contribution in [-0.4, -0.2) is 86.0 Å². The van der Waals surface area contributed by atoms with Gasteiger partial charge in [0.15, 0.2) is 5.96 Å². The van der Waals surface area contributed by atoms with Gasteiger partial charge in [0.05, 0.1) is 13.2 Å². The Morgan fingerprint density at radius 3 is 2.29 bits per heavy atom. The Kier molecular flexibility index (Phi) is 10.6. The average molecular weight is 521 g/mol. The second kappa shape index (κ2) is 11.9. The van der Waals surface area contributed by atoms with Crippen molar-refractivity contribution in [1.29, 1.82) is 0 Å². The number of carbonyl (C=O) groups is 1. The summed E-state index contributed by atoms with van der Waals surface area (Å²) in [6, 6.07) is 0.117. The van der Waals surface area contributed by atoms with E-state index in [2.05, 4.69) is 15.6 Å². The lowest BCUT2D eigenvalue weighted by atomic mass is 10.1. The normalized spacial score (nSPS) is 22.0. The van der Waals surface area contributed by atoms with Gasteiger partial charge in [0.25, 0.3) is 0 Å². The van der Waals surface area contributed by atoms with Gasteiger partial charge in [0.1, 0.15) is 0 Å². The molecule has 1 unspecified atom stereocenters. The maximum Gasteiger partial charge on any atom is 0.409 e. The molecule has 28 heavy (non-hydrogen) atoms. The summed E-state index contributed by atoms with van der Waals surface area (Å²) in [5, 5.41) is 6.62. The average Bonchev–Trinajstić information content (AvgIpc) is 3.01. The van der Waals surface area contributed by atoms with Crippen molar-refractivity contribution in [3.63, 3.8) is 0 Å². The first kappa shape index (κ1) is 25.1. The van der Waals surface area contributed by atoms with Crippen LogP contribution in [0.15, 0.2) is 4.99 Å². The van der Waals surface area contributed by atoms with E-state index in [4.69, 9.17) is 4.74 Å². The van der Waals surface area contributed by atoms with Crippen LogP contribution in [0.25, 0.3) is 0 Å². The van der Waals surface area contributed by atoms with E-state index in [9.17, 15) is 18.0 Å². The Morgan fingerprint density at radius 1 is 1.11 bits per heavy atom. The molecule has 2 N–H and O–H groups in total. The number of rotatable bonds is 5. The third kappa shape index (κ3) is 8.58. The number of halogens is 4. The maximum atomic E-state index is 12.5. The molecule has 0 radical (unpaired) electrons. The lowest BCUT2D eigenvalue weighted by molar-refractivity contribution is -0.143. The van der Waals surface area contributed by atoms with Crippen molar-refractivity contribution in [2.24, 2.45) is 4.99 Å². The number of piperidine rings is 1. The van der Waals surface area contributed by atoms with Gasteiger partial charge < -0.3 is 20.3 Å². The fourth-order valence-corrected chi connectivity index (χ4v) is 3.45. The van der Waals surface area contributed by atoms with Gasteiger partial charge in [-0.3, -0.25) is 9.89 Å². The lowest BCUT2D eigenvalue weighted by Gasteiger charge is -2.32.